The number of nitrogens with zero attached hydrogens (tertiary/aromatic N) is 8. The number of amides is 5. The lowest BCUT2D eigenvalue weighted by molar-refractivity contribution is -0.136. The molecule has 17 heteroatoms. The Kier molecular flexibility index (Phi) is 10.8. The topological polar surface area (TPSA) is 178 Å². The predicted molar refractivity (Wildman–Crippen MR) is 232 cm³/mol. The van der Waals surface area contributed by atoms with E-state index in [1.807, 2.05) is 41.6 Å². The Morgan fingerprint density at radius 3 is 2.27 bits per heavy atom. The van der Waals surface area contributed by atoms with Crippen molar-refractivity contribution in [3.8, 4) is 0 Å². The molecule has 5 amide bonds. The number of anilines is 4. The van der Waals surface area contributed by atoms with Gasteiger partial charge in [0.05, 0.1) is 29.6 Å². The zero-order valence-electron chi connectivity index (χ0n) is 34.7. The van der Waals surface area contributed by atoms with Gasteiger partial charge in [-0.05, 0) is 80.0 Å². The van der Waals surface area contributed by atoms with Crippen LogP contribution < -0.4 is 25.8 Å². The summed E-state index contributed by atoms with van der Waals surface area (Å²) in [5.41, 5.74) is 4.83. The number of benzene rings is 3. The van der Waals surface area contributed by atoms with E-state index in [1.54, 1.807) is 6.33 Å². The van der Waals surface area contributed by atoms with Crippen LogP contribution in [0.1, 0.15) is 70.8 Å². The zero-order valence-corrected chi connectivity index (χ0v) is 34.7. The van der Waals surface area contributed by atoms with Crippen LogP contribution in [0.4, 0.5) is 27.3 Å². The second-order valence-corrected chi connectivity index (χ2v) is 17.3. The van der Waals surface area contributed by atoms with Crippen molar-refractivity contribution in [1.82, 2.24) is 40.0 Å². The Morgan fingerprint density at radius 2 is 1.54 bits per heavy atom. The van der Waals surface area contributed by atoms with Gasteiger partial charge in [-0.1, -0.05) is 30.3 Å². The highest BCUT2D eigenvalue weighted by Gasteiger charge is 2.45. The average Bonchev–Trinajstić information content (AvgIpc) is 3.80. The number of hydrogen-bond acceptors (Lipinski definition) is 12. The van der Waals surface area contributed by atoms with E-state index >= 15 is 4.39 Å². The molecule has 3 aromatic carbocycles. The summed E-state index contributed by atoms with van der Waals surface area (Å²) < 4.78 is 17.6. The second-order valence-electron chi connectivity index (χ2n) is 17.3. The molecule has 6 heterocycles. The minimum atomic E-state index is -1.09. The molecular formula is C46H48FN11O5. The molecular weight excluding hydrogens is 806 g/mol. The number of imide groups is 2. The van der Waals surface area contributed by atoms with Gasteiger partial charge in [0.25, 0.3) is 11.8 Å². The van der Waals surface area contributed by atoms with Gasteiger partial charge in [0.1, 0.15) is 18.2 Å². The molecule has 5 aromatic rings. The van der Waals surface area contributed by atoms with Crippen molar-refractivity contribution in [2.24, 2.45) is 5.92 Å². The van der Waals surface area contributed by atoms with Crippen molar-refractivity contribution in [2.75, 3.05) is 60.9 Å². The van der Waals surface area contributed by atoms with Crippen molar-refractivity contribution in [3.05, 3.63) is 102 Å². The van der Waals surface area contributed by atoms with Crippen LogP contribution in [0.25, 0.3) is 11.2 Å². The summed E-state index contributed by atoms with van der Waals surface area (Å²) >= 11 is 0. The molecule has 4 fully saturated rings. The summed E-state index contributed by atoms with van der Waals surface area (Å²) in [5.74, 6) is -1.86. The van der Waals surface area contributed by atoms with Gasteiger partial charge in [0, 0.05) is 75.7 Å². The molecule has 63 heavy (non-hydrogen) atoms. The van der Waals surface area contributed by atoms with Gasteiger partial charge in [0.2, 0.25) is 17.7 Å². The molecule has 0 spiro atoms. The molecule has 2 aromatic heterocycles. The number of fused-ring (bicyclic) bond motifs is 2. The molecule has 5 aliphatic rings. The minimum Gasteiger partial charge on any atom is -0.372 e. The molecule has 1 atom stereocenters. The molecule has 10 rings (SSSR count). The monoisotopic (exact) mass is 853 g/mol. The molecule has 0 radical (unpaired) electrons. The van der Waals surface area contributed by atoms with E-state index < -0.39 is 35.5 Å². The average molecular weight is 854 g/mol. The summed E-state index contributed by atoms with van der Waals surface area (Å²) in [4.78, 5) is 84.5. The predicted octanol–water partition coefficient (Wildman–Crippen LogP) is 4.21. The third-order valence-corrected chi connectivity index (χ3v) is 13.3. The molecule has 1 saturated carbocycles. The lowest BCUT2D eigenvalue weighted by atomic mass is 9.86. The van der Waals surface area contributed by atoms with Crippen LogP contribution in [-0.4, -0.2) is 117 Å². The first-order chi connectivity index (χ1) is 30.6. The Labute approximate surface area is 362 Å². The number of imidazole rings is 1. The van der Waals surface area contributed by atoms with Crippen molar-refractivity contribution < 1.29 is 28.4 Å². The van der Waals surface area contributed by atoms with Crippen LogP contribution in [-0.2, 0) is 20.8 Å². The van der Waals surface area contributed by atoms with Crippen LogP contribution >= 0.6 is 0 Å². The lowest BCUT2D eigenvalue weighted by Crippen LogP contribution is -2.54. The Balaban J connectivity index is 0.682. The number of carbonyl (C=O) groups excluding carboxylic acids is 5. The molecule has 324 valence electrons. The number of piperidine rings is 2. The molecule has 4 aliphatic heterocycles. The molecule has 3 saturated heterocycles. The van der Waals surface area contributed by atoms with E-state index in [-0.39, 0.29) is 47.6 Å². The van der Waals surface area contributed by atoms with Crippen LogP contribution in [0.2, 0.25) is 0 Å². The highest BCUT2D eigenvalue weighted by atomic mass is 19.1. The number of halogens is 1. The summed E-state index contributed by atoms with van der Waals surface area (Å²) in [6.45, 7) is 5.50. The Morgan fingerprint density at radius 1 is 0.810 bits per heavy atom. The van der Waals surface area contributed by atoms with Gasteiger partial charge in [0.15, 0.2) is 17.0 Å². The number of nitrogens with one attached hydrogen (secondary N) is 3. The standard InChI is InChI=1S/C46H48FN11O5/c47-36-23-34-35(46(63)58(45(34)62)37-10-11-39(59)53-44(37)61)24-38(36)56-18-16-54(17-19-56)25-29-12-14-55(15-13-29)32-8-6-30(7-9-32)52-42-41-43(49-26-48-42)57(27-50-41)33-21-31(22-33)51-40(60)20-28-4-2-1-3-5-28/h1-9,23-24,26-27,29,31,33,37H,10-22,25H2,(H,51,60)(H,48,49,52)(H,53,59,61). The van der Waals surface area contributed by atoms with Gasteiger partial charge in [-0.3, -0.25) is 39.1 Å². The third-order valence-electron chi connectivity index (χ3n) is 13.3. The van der Waals surface area contributed by atoms with Crippen molar-refractivity contribution >= 4 is 63.6 Å². The largest absolute Gasteiger partial charge is 0.372 e. The Bertz CT molecular complexity index is 2580. The molecule has 3 N–H and O–H groups in total. The van der Waals surface area contributed by atoms with E-state index in [9.17, 15) is 24.0 Å². The Hall–Kier alpha value is -6.75. The number of rotatable bonds is 11. The summed E-state index contributed by atoms with van der Waals surface area (Å²) in [5, 5.41) is 8.78. The fourth-order valence-corrected chi connectivity index (χ4v) is 9.73. The van der Waals surface area contributed by atoms with E-state index in [4.69, 9.17) is 0 Å². The normalized spacial score (nSPS) is 22.0. The maximum absolute atomic E-state index is 15.5. The summed E-state index contributed by atoms with van der Waals surface area (Å²) in [6.07, 6.45) is 7.58. The molecule has 1 unspecified atom stereocenters. The fourth-order valence-electron chi connectivity index (χ4n) is 9.73. The highest BCUT2D eigenvalue weighted by Crippen LogP contribution is 2.36. The van der Waals surface area contributed by atoms with Crippen molar-refractivity contribution in [2.45, 2.75) is 63.1 Å². The van der Waals surface area contributed by atoms with Gasteiger partial charge in [-0.25, -0.2) is 19.3 Å². The van der Waals surface area contributed by atoms with Crippen molar-refractivity contribution in [3.63, 3.8) is 0 Å². The van der Waals surface area contributed by atoms with E-state index in [2.05, 4.69) is 69.5 Å². The van der Waals surface area contributed by atoms with Gasteiger partial charge < -0.3 is 25.0 Å². The molecule has 0 bridgehead atoms. The first-order valence-electron chi connectivity index (χ1n) is 21.8. The van der Waals surface area contributed by atoms with Crippen LogP contribution in [0.15, 0.2) is 79.4 Å². The maximum Gasteiger partial charge on any atom is 0.262 e. The summed E-state index contributed by atoms with van der Waals surface area (Å²) in [6, 6.07) is 19.9. The SMILES string of the molecule is O=C1CCC(N2C(=O)c3cc(F)c(N4CCN(CC5CCN(c6ccc(Nc7ncnc8c7ncn8C7CC(NC(=O)Cc8ccccc8)C7)cc6)CC5)CC4)cc3C2=O)C(=O)N1. The number of aromatic nitrogens is 4. The maximum atomic E-state index is 15.5. The van der Waals surface area contributed by atoms with E-state index in [1.165, 1.54) is 6.07 Å². The van der Waals surface area contributed by atoms with Gasteiger partial charge in [-0.15, -0.1) is 0 Å². The van der Waals surface area contributed by atoms with Crippen LogP contribution in [0.3, 0.4) is 0 Å². The van der Waals surface area contributed by atoms with Gasteiger partial charge in [-0.2, -0.15) is 0 Å². The fraction of sp³-hybridized carbons (Fsp3) is 0.391. The lowest BCUT2D eigenvalue weighted by Gasteiger charge is -2.40. The third kappa shape index (κ3) is 8.08. The smallest absolute Gasteiger partial charge is 0.262 e. The number of carbonyl (C=O) groups is 5. The van der Waals surface area contributed by atoms with Crippen LogP contribution in [0.5, 0.6) is 0 Å². The number of hydrogen-bond donors (Lipinski definition) is 3. The second kappa shape index (κ2) is 16.8. The molecule has 1 aliphatic carbocycles. The highest BCUT2D eigenvalue weighted by molar-refractivity contribution is 6.23. The number of piperazine rings is 1. The van der Waals surface area contributed by atoms with Crippen molar-refractivity contribution in [1.29, 1.82) is 0 Å². The first-order valence-corrected chi connectivity index (χ1v) is 21.8. The minimum absolute atomic E-state index is 0.0214. The van der Waals surface area contributed by atoms with Gasteiger partial charge >= 0.3 is 0 Å². The quantitative estimate of drug-likeness (QED) is 0.162. The van der Waals surface area contributed by atoms with E-state index in [0.717, 1.165) is 92.0 Å². The first kappa shape index (κ1) is 40.3. The van der Waals surface area contributed by atoms with Crippen LogP contribution in [0, 0.1) is 11.7 Å². The van der Waals surface area contributed by atoms with E-state index in [0.29, 0.717) is 36.8 Å². The summed E-state index contributed by atoms with van der Waals surface area (Å²) in [7, 11) is 0. The zero-order chi connectivity index (χ0) is 43.2. The molecule has 16 nitrogen and oxygen atoms in total.